The van der Waals surface area contributed by atoms with Gasteiger partial charge >= 0.3 is 5.69 Å². The van der Waals surface area contributed by atoms with Crippen LogP contribution in [0.5, 0.6) is 11.5 Å². The van der Waals surface area contributed by atoms with E-state index in [-0.39, 0.29) is 17.6 Å². The lowest BCUT2D eigenvalue weighted by Crippen LogP contribution is -2.34. The number of hydrogen-bond acceptors (Lipinski definition) is 5. The number of aryl methyl sites for hydroxylation is 3. The summed E-state index contributed by atoms with van der Waals surface area (Å²) in [5, 5.41) is 0. The number of benzene rings is 2. The molecule has 4 rings (SSSR count). The van der Waals surface area contributed by atoms with E-state index in [2.05, 4.69) is 31.0 Å². The third-order valence-electron chi connectivity index (χ3n) is 6.51. The number of nitrogen functional groups attached to an aromatic ring is 1. The van der Waals surface area contributed by atoms with Crippen LogP contribution in [0.3, 0.4) is 0 Å². The number of methoxy groups -OCH3 is 2. The van der Waals surface area contributed by atoms with Crippen molar-refractivity contribution < 1.29 is 9.47 Å². The molecule has 0 saturated carbocycles. The lowest BCUT2D eigenvalue weighted by Gasteiger charge is -2.34. The van der Waals surface area contributed by atoms with E-state index < -0.39 is 0 Å². The normalized spacial score (nSPS) is 17.1. The van der Waals surface area contributed by atoms with Crippen LogP contribution >= 0.6 is 0 Å². The van der Waals surface area contributed by atoms with Crippen molar-refractivity contribution in [3.63, 3.8) is 0 Å². The van der Waals surface area contributed by atoms with Gasteiger partial charge in [0, 0.05) is 23.1 Å². The molecule has 3 aromatic rings. The van der Waals surface area contributed by atoms with Crippen LogP contribution in [0.1, 0.15) is 48.1 Å². The van der Waals surface area contributed by atoms with E-state index in [1.54, 1.807) is 18.8 Å². The van der Waals surface area contributed by atoms with Gasteiger partial charge in [-0.1, -0.05) is 24.6 Å². The van der Waals surface area contributed by atoms with Crippen LogP contribution in [0.15, 0.2) is 29.1 Å². The molecule has 2 N–H and O–H groups in total. The standard InChI is InChI=1S/C25H29N3O3/c1-12-8-13(2)21(14(3)9-12)23-22(26)24-18-11-20(31-7)19(30-6)10-17(18)15(4)16(5)28(24)25(29)27-23/h8-11,15-16H,26H2,1-7H3. The molecule has 0 aliphatic carbocycles. The lowest BCUT2D eigenvalue weighted by molar-refractivity contribution is 0.352. The van der Waals surface area contributed by atoms with Gasteiger partial charge in [-0.15, -0.1) is 0 Å². The topological polar surface area (TPSA) is 79.4 Å². The quantitative estimate of drug-likeness (QED) is 0.661. The molecule has 1 aromatic heterocycles. The minimum atomic E-state index is -0.293. The van der Waals surface area contributed by atoms with Gasteiger partial charge in [-0.3, -0.25) is 4.57 Å². The highest BCUT2D eigenvalue weighted by atomic mass is 16.5. The highest BCUT2D eigenvalue weighted by molar-refractivity contribution is 5.89. The number of ether oxygens (including phenoxy) is 2. The second-order valence-electron chi connectivity index (χ2n) is 8.47. The Morgan fingerprint density at radius 3 is 2.13 bits per heavy atom. The van der Waals surface area contributed by atoms with Crippen molar-refractivity contribution >= 4 is 5.69 Å². The number of nitrogens with two attached hydrogens (primary N) is 1. The molecule has 31 heavy (non-hydrogen) atoms. The molecule has 0 spiro atoms. The first-order valence-corrected chi connectivity index (χ1v) is 10.5. The molecular formula is C25H29N3O3. The number of aromatic nitrogens is 2. The molecule has 1 aliphatic rings. The average molecular weight is 420 g/mol. The van der Waals surface area contributed by atoms with Crippen LogP contribution in [0.25, 0.3) is 22.5 Å². The van der Waals surface area contributed by atoms with Gasteiger partial charge in [-0.25, -0.2) is 4.79 Å². The van der Waals surface area contributed by atoms with Crippen molar-refractivity contribution in [1.82, 2.24) is 9.55 Å². The molecule has 6 heteroatoms. The van der Waals surface area contributed by atoms with Crippen molar-refractivity contribution in [3.05, 3.63) is 57.0 Å². The SMILES string of the molecule is COc1cc2c(cc1OC)C(C)C(C)n1c-2c(N)c(-c2c(C)cc(C)cc2C)nc1=O. The maximum Gasteiger partial charge on any atom is 0.349 e. The molecule has 0 amide bonds. The molecule has 1 aliphatic heterocycles. The number of rotatable bonds is 3. The summed E-state index contributed by atoms with van der Waals surface area (Å²) in [6, 6.07) is 7.99. The molecule has 2 aromatic carbocycles. The van der Waals surface area contributed by atoms with E-state index in [0.717, 1.165) is 33.4 Å². The number of nitrogens with zero attached hydrogens (tertiary/aromatic N) is 2. The summed E-state index contributed by atoms with van der Waals surface area (Å²) in [5.74, 6) is 1.34. The fourth-order valence-corrected chi connectivity index (χ4v) is 4.90. The molecule has 2 unspecified atom stereocenters. The van der Waals surface area contributed by atoms with Crippen LogP contribution in [-0.2, 0) is 0 Å². The van der Waals surface area contributed by atoms with E-state index in [0.29, 0.717) is 28.6 Å². The largest absolute Gasteiger partial charge is 0.493 e. The lowest BCUT2D eigenvalue weighted by atomic mass is 9.83. The number of hydrogen-bond donors (Lipinski definition) is 1. The third-order valence-corrected chi connectivity index (χ3v) is 6.51. The predicted molar refractivity (Wildman–Crippen MR) is 124 cm³/mol. The minimum Gasteiger partial charge on any atom is -0.493 e. The molecule has 0 bridgehead atoms. The Morgan fingerprint density at radius 2 is 1.55 bits per heavy atom. The summed E-state index contributed by atoms with van der Waals surface area (Å²) in [4.78, 5) is 17.8. The van der Waals surface area contributed by atoms with Crippen molar-refractivity contribution in [2.24, 2.45) is 0 Å². The summed E-state index contributed by atoms with van der Waals surface area (Å²) < 4.78 is 12.8. The zero-order valence-electron chi connectivity index (χ0n) is 19.2. The summed E-state index contributed by atoms with van der Waals surface area (Å²) in [6.45, 7) is 10.2. The third kappa shape index (κ3) is 3.09. The van der Waals surface area contributed by atoms with Gasteiger partial charge in [0.05, 0.1) is 25.6 Å². The second kappa shape index (κ2) is 7.45. The van der Waals surface area contributed by atoms with Gasteiger partial charge in [0.25, 0.3) is 0 Å². The molecule has 0 radical (unpaired) electrons. The Balaban J connectivity index is 2.11. The van der Waals surface area contributed by atoms with Gasteiger partial charge in [0.2, 0.25) is 0 Å². The summed E-state index contributed by atoms with van der Waals surface area (Å²) in [7, 11) is 3.23. The van der Waals surface area contributed by atoms with E-state index in [1.165, 1.54) is 0 Å². The first-order chi connectivity index (χ1) is 14.7. The van der Waals surface area contributed by atoms with Crippen LogP contribution < -0.4 is 20.9 Å². The molecule has 6 nitrogen and oxygen atoms in total. The molecule has 0 saturated heterocycles. The summed E-state index contributed by atoms with van der Waals surface area (Å²) in [5.41, 5.74) is 14.3. The van der Waals surface area contributed by atoms with Crippen LogP contribution in [0.4, 0.5) is 5.69 Å². The highest BCUT2D eigenvalue weighted by Crippen LogP contribution is 2.48. The fraction of sp³-hybridized carbons (Fsp3) is 0.360. The number of fused-ring (bicyclic) bond motifs is 3. The Bertz CT molecular complexity index is 1240. The van der Waals surface area contributed by atoms with E-state index in [9.17, 15) is 4.79 Å². The summed E-state index contributed by atoms with van der Waals surface area (Å²) in [6.07, 6.45) is 0. The Kier molecular flexibility index (Phi) is 5.04. The van der Waals surface area contributed by atoms with Gasteiger partial charge in [-0.2, -0.15) is 4.98 Å². The van der Waals surface area contributed by atoms with Crippen LogP contribution in [0.2, 0.25) is 0 Å². The Hall–Kier alpha value is -3.28. The zero-order chi connectivity index (χ0) is 22.6. The second-order valence-corrected chi connectivity index (χ2v) is 8.47. The smallest absolute Gasteiger partial charge is 0.349 e. The van der Waals surface area contributed by atoms with Crippen LogP contribution in [-0.4, -0.2) is 23.8 Å². The van der Waals surface area contributed by atoms with Crippen molar-refractivity contribution in [3.8, 4) is 34.0 Å². The first kappa shape index (κ1) is 21.0. The van der Waals surface area contributed by atoms with E-state index in [4.69, 9.17) is 15.2 Å². The maximum atomic E-state index is 13.3. The maximum absolute atomic E-state index is 13.3. The number of anilines is 1. The predicted octanol–water partition coefficient (Wildman–Crippen LogP) is 4.78. The molecule has 0 fully saturated rings. The van der Waals surface area contributed by atoms with E-state index in [1.807, 2.05) is 32.9 Å². The molecular weight excluding hydrogens is 390 g/mol. The summed E-state index contributed by atoms with van der Waals surface area (Å²) >= 11 is 0. The van der Waals surface area contributed by atoms with Crippen molar-refractivity contribution in [1.29, 1.82) is 0 Å². The molecule has 2 atom stereocenters. The Labute approximate surface area is 182 Å². The zero-order valence-corrected chi connectivity index (χ0v) is 19.2. The van der Waals surface area contributed by atoms with E-state index >= 15 is 0 Å². The monoisotopic (exact) mass is 419 g/mol. The van der Waals surface area contributed by atoms with Crippen molar-refractivity contribution in [2.75, 3.05) is 20.0 Å². The van der Waals surface area contributed by atoms with Crippen LogP contribution in [0, 0.1) is 20.8 Å². The fourth-order valence-electron chi connectivity index (χ4n) is 4.90. The van der Waals surface area contributed by atoms with Gasteiger partial charge in [0.15, 0.2) is 11.5 Å². The highest BCUT2D eigenvalue weighted by Gasteiger charge is 2.33. The molecule has 162 valence electrons. The van der Waals surface area contributed by atoms with Gasteiger partial charge in [-0.05, 0) is 56.5 Å². The Morgan fingerprint density at radius 1 is 0.968 bits per heavy atom. The average Bonchev–Trinajstić information content (AvgIpc) is 2.72. The van der Waals surface area contributed by atoms with Gasteiger partial charge in [0.1, 0.15) is 5.69 Å². The molecule has 2 heterocycles. The van der Waals surface area contributed by atoms with Gasteiger partial charge < -0.3 is 15.2 Å². The van der Waals surface area contributed by atoms with Crippen molar-refractivity contribution in [2.45, 2.75) is 46.6 Å². The minimum absolute atomic E-state index is 0.0786. The first-order valence-electron chi connectivity index (χ1n) is 10.5.